The minimum atomic E-state index is -0.506. The molecule has 3 aromatic heterocycles. The van der Waals surface area contributed by atoms with Crippen LogP contribution < -0.4 is 16.2 Å². The molecule has 102 valence electrons. The van der Waals surface area contributed by atoms with Crippen molar-refractivity contribution in [2.24, 2.45) is 5.73 Å². The van der Waals surface area contributed by atoms with Gasteiger partial charge in [0.05, 0.1) is 17.4 Å². The van der Waals surface area contributed by atoms with Gasteiger partial charge in [-0.05, 0) is 17.5 Å². The highest BCUT2D eigenvalue weighted by Crippen LogP contribution is 2.42. The molecule has 0 aliphatic rings. The molecule has 1 amide bonds. The first-order valence-corrected chi connectivity index (χ1v) is 7.41. The topological polar surface area (TPSA) is 91.2 Å². The Morgan fingerprint density at radius 1 is 1.45 bits per heavy atom. The van der Waals surface area contributed by atoms with E-state index >= 15 is 0 Å². The molecule has 5 nitrogen and oxygen atoms in total. The molecule has 3 rings (SSSR count). The van der Waals surface area contributed by atoms with Crippen molar-refractivity contribution >= 4 is 44.5 Å². The van der Waals surface area contributed by atoms with Crippen molar-refractivity contribution in [1.29, 1.82) is 0 Å². The highest BCUT2D eigenvalue weighted by molar-refractivity contribution is 7.23. The zero-order chi connectivity index (χ0) is 14.3. The summed E-state index contributed by atoms with van der Waals surface area (Å²) in [5.74, 6) is -0.116. The van der Waals surface area contributed by atoms with Crippen molar-refractivity contribution < 1.29 is 9.53 Å². The van der Waals surface area contributed by atoms with Gasteiger partial charge in [0.1, 0.15) is 5.82 Å². The number of nitrogens with two attached hydrogens (primary N) is 2. The summed E-state index contributed by atoms with van der Waals surface area (Å²) in [6.07, 6.45) is 1.42. The maximum atomic E-state index is 11.5. The molecule has 0 saturated carbocycles. The van der Waals surface area contributed by atoms with Gasteiger partial charge in [-0.2, -0.15) is 0 Å². The van der Waals surface area contributed by atoms with Crippen molar-refractivity contribution in [2.75, 3.05) is 12.8 Å². The fourth-order valence-electron chi connectivity index (χ4n) is 1.99. The summed E-state index contributed by atoms with van der Waals surface area (Å²) in [5.41, 5.74) is 12.6. The lowest BCUT2D eigenvalue weighted by atomic mass is 10.2. The van der Waals surface area contributed by atoms with E-state index in [1.54, 1.807) is 7.11 Å². The fourth-order valence-corrected chi connectivity index (χ4v) is 3.99. The fraction of sp³-hybridized carbons (Fsp3) is 0.0769. The molecule has 20 heavy (non-hydrogen) atoms. The third-order valence-corrected chi connectivity index (χ3v) is 5.01. The van der Waals surface area contributed by atoms with Crippen LogP contribution in [0.3, 0.4) is 0 Å². The van der Waals surface area contributed by atoms with Gasteiger partial charge in [0.2, 0.25) is 0 Å². The summed E-state index contributed by atoms with van der Waals surface area (Å²) in [4.78, 5) is 16.5. The van der Waals surface area contributed by atoms with Gasteiger partial charge < -0.3 is 16.2 Å². The summed E-state index contributed by atoms with van der Waals surface area (Å²) in [6, 6.07) is 3.89. The van der Waals surface area contributed by atoms with Gasteiger partial charge in [-0.15, -0.1) is 22.7 Å². The Kier molecular flexibility index (Phi) is 3.07. The zero-order valence-electron chi connectivity index (χ0n) is 10.5. The van der Waals surface area contributed by atoms with E-state index < -0.39 is 5.91 Å². The average molecular weight is 305 g/mol. The number of amides is 1. The Labute approximate surface area is 122 Å². The van der Waals surface area contributed by atoms with E-state index in [0.29, 0.717) is 11.4 Å². The molecule has 0 unspecified atom stereocenters. The highest BCUT2D eigenvalue weighted by Gasteiger charge is 2.16. The van der Waals surface area contributed by atoms with E-state index in [1.165, 1.54) is 28.9 Å². The Bertz CT molecular complexity index is 807. The van der Waals surface area contributed by atoms with Gasteiger partial charge >= 0.3 is 0 Å². The molecule has 0 spiro atoms. The molecular weight excluding hydrogens is 294 g/mol. The van der Waals surface area contributed by atoms with Crippen LogP contribution in [0.5, 0.6) is 5.06 Å². The van der Waals surface area contributed by atoms with Gasteiger partial charge in [0.15, 0.2) is 5.06 Å². The van der Waals surface area contributed by atoms with Crippen LogP contribution in [0.1, 0.15) is 10.4 Å². The number of ether oxygens (including phenoxy) is 1. The number of thiophene rings is 2. The molecule has 4 N–H and O–H groups in total. The van der Waals surface area contributed by atoms with Crippen molar-refractivity contribution in [1.82, 2.24) is 4.98 Å². The number of nitrogen functional groups attached to an aromatic ring is 1. The summed E-state index contributed by atoms with van der Waals surface area (Å²) < 4.78 is 6.09. The summed E-state index contributed by atoms with van der Waals surface area (Å²) in [7, 11) is 1.63. The van der Waals surface area contributed by atoms with Crippen LogP contribution in [0.2, 0.25) is 0 Å². The van der Waals surface area contributed by atoms with E-state index in [4.69, 9.17) is 16.2 Å². The molecule has 0 aliphatic heterocycles. The van der Waals surface area contributed by atoms with E-state index in [9.17, 15) is 4.79 Å². The molecular formula is C13H11N3O2S2. The zero-order valence-corrected chi connectivity index (χ0v) is 12.2. The van der Waals surface area contributed by atoms with E-state index in [-0.39, 0.29) is 0 Å². The van der Waals surface area contributed by atoms with Gasteiger partial charge in [-0.25, -0.2) is 4.98 Å². The van der Waals surface area contributed by atoms with E-state index in [2.05, 4.69) is 4.98 Å². The van der Waals surface area contributed by atoms with Crippen LogP contribution in [0.15, 0.2) is 23.7 Å². The number of primary amides is 1. The molecule has 0 bridgehead atoms. The second kappa shape index (κ2) is 4.77. The SMILES string of the molecule is COc1sccc1-c1cc2c(N)ncc(C(N)=O)c2s1. The van der Waals surface area contributed by atoms with Crippen LogP contribution in [0.25, 0.3) is 20.5 Å². The van der Waals surface area contributed by atoms with Gasteiger partial charge in [0.25, 0.3) is 5.91 Å². The average Bonchev–Trinajstić information content (AvgIpc) is 3.04. The largest absolute Gasteiger partial charge is 0.487 e. The first kappa shape index (κ1) is 12.9. The van der Waals surface area contributed by atoms with Crippen LogP contribution >= 0.6 is 22.7 Å². The third kappa shape index (κ3) is 1.91. The Morgan fingerprint density at radius 2 is 2.25 bits per heavy atom. The quantitative estimate of drug-likeness (QED) is 0.778. The van der Waals surface area contributed by atoms with Gasteiger partial charge in [-0.3, -0.25) is 4.79 Å². The van der Waals surface area contributed by atoms with Crippen LogP contribution in [-0.4, -0.2) is 18.0 Å². The number of fused-ring (bicyclic) bond motifs is 1. The minimum Gasteiger partial charge on any atom is -0.487 e. The number of anilines is 1. The lowest BCUT2D eigenvalue weighted by Gasteiger charge is -1.99. The number of carbonyl (C=O) groups is 1. The number of rotatable bonds is 3. The van der Waals surface area contributed by atoms with Crippen LogP contribution in [0, 0.1) is 0 Å². The first-order chi connectivity index (χ1) is 9.61. The summed E-state index contributed by atoms with van der Waals surface area (Å²) >= 11 is 2.97. The predicted octanol–water partition coefficient (Wildman–Crippen LogP) is 2.71. The number of aromatic nitrogens is 1. The van der Waals surface area contributed by atoms with Gasteiger partial charge in [-0.1, -0.05) is 0 Å². The van der Waals surface area contributed by atoms with Crippen molar-refractivity contribution in [3.05, 3.63) is 29.3 Å². The second-order valence-electron chi connectivity index (χ2n) is 4.10. The summed E-state index contributed by atoms with van der Waals surface area (Å²) in [6.45, 7) is 0. The highest BCUT2D eigenvalue weighted by atomic mass is 32.1. The molecule has 0 fully saturated rings. The van der Waals surface area contributed by atoms with E-state index in [1.807, 2.05) is 17.5 Å². The molecule has 3 heterocycles. The predicted molar refractivity (Wildman–Crippen MR) is 82.4 cm³/mol. The number of pyridine rings is 1. The van der Waals surface area contributed by atoms with Crippen LogP contribution in [0.4, 0.5) is 5.82 Å². The third-order valence-electron chi connectivity index (χ3n) is 2.93. The Hall–Kier alpha value is -2.12. The first-order valence-electron chi connectivity index (χ1n) is 5.71. The van der Waals surface area contributed by atoms with Gasteiger partial charge in [0, 0.05) is 22.0 Å². The number of carbonyl (C=O) groups excluding carboxylic acids is 1. The maximum absolute atomic E-state index is 11.5. The maximum Gasteiger partial charge on any atom is 0.251 e. The molecule has 0 aliphatic carbocycles. The second-order valence-corrected chi connectivity index (χ2v) is 6.03. The number of methoxy groups -OCH3 is 1. The lowest BCUT2D eigenvalue weighted by molar-refractivity contribution is 0.100. The molecule has 7 heteroatoms. The standard InChI is InChI=1S/C13H11N3O2S2/c1-18-13-6(2-3-19-13)9-4-7-10(20-9)8(12(15)17)5-16-11(7)14/h2-5H,1H3,(H2,14,16)(H2,15,17). The minimum absolute atomic E-state index is 0.389. The smallest absolute Gasteiger partial charge is 0.251 e. The Balaban J connectivity index is 2.27. The normalized spacial score (nSPS) is 10.8. The van der Waals surface area contributed by atoms with E-state index in [0.717, 1.165) is 25.6 Å². The molecule has 0 saturated heterocycles. The molecule has 0 atom stereocenters. The molecule has 0 aromatic carbocycles. The van der Waals surface area contributed by atoms with Crippen molar-refractivity contribution in [2.45, 2.75) is 0 Å². The molecule has 0 radical (unpaired) electrons. The van der Waals surface area contributed by atoms with Crippen molar-refractivity contribution in [3.8, 4) is 15.5 Å². The van der Waals surface area contributed by atoms with Crippen molar-refractivity contribution in [3.63, 3.8) is 0 Å². The monoisotopic (exact) mass is 305 g/mol. The number of hydrogen-bond acceptors (Lipinski definition) is 6. The Morgan fingerprint density at radius 3 is 2.95 bits per heavy atom. The molecule has 3 aromatic rings. The van der Waals surface area contributed by atoms with Crippen LogP contribution in [-0.2, 0) is 0 Å². The number of hydrogen-bond donors (Lipinski definition) is 2. The lowest BCUT2D eigenvalue weighted by Crippen LogP contribution is -2.11. The number of nitrogens with zero attached hydrogens (tertiary/aromatic N) is 1. The summed E-state index contributed by atoms with van der Waals surface area (Å²) in [5, 5.41) is 3.52.